The number of carboxylic acid groups (broad SMARTS) is 1. The van der Waals surface area contributed by atoms with Crippen LogP contribution >= 0.6 is 11.8 Å². The van der Waals surface area contributed by atoms with E-state index < -0.39 is 11.9 Å². The Morgan fingerprint density at radius 3 is 2.52 bits per heavy atom. The summed E-state index contributed by atoms with van der Waals surface area (Å²) in [5, 5.41) is 9.09. The SMILES string of the molecule is Cc1ccc(SCCC(=O)N2C[C@@H](C)[C@H](C(=O)O)C2)cc1. The van der Waals surface area contributed by atoms with Gasteiger partial charge in [0.2, 0.25) is 5.91 Å². The highest BCUT2D eigenvalue weighted by Crippen LogP contribution is 2.25. The maximum atomic E-state index is 12.1. The summed E-state index contributed by atoms with van der Waals surface area (Å²) in [6, 6.07) is 8.24. The smallest absolute Gasteiger partial charge is 0.308 e. The fourth-order valence-electron chi connectivity index (χ4n) is 2.54. The van der Waals surface area contributed by atoms with E-state index >= 15 is 0 Å². The molecule has 5 heteroatoms. The molecule has 1 aliphatic rings. The number of nitrogens with zero attached hydrogens (tertiary/aromatic N) is 1. The first kappa shape index (κ1) is 15.9. The maximum absolute atomic E-state index is 12.1. The molecule has 0 unspecified atom stereocenters. The summed E-state index contributed by atoms with van der Waals surface area (Å²) in [7, 11) is 0. The van der Waals surface area contributed by atoms with Gasteiger partial charge >= 0.3 is 5.97 Å². The summed E-state index contributed by atoms with van der Waals surface area (Å²) < 4.78 is 0. The van der Waals surface area contributed by atoms with E-state index in [4.69, 9.17) is 5.11 Å². The molecule has 0 spiro atoms. The molecule has 0 aliphatic carbocycles. The van der Waals surface area contributed by atoms with Gasteiger partial charge in [0, 0.05) is 30.2 Å². The third kappa shape index (κ3) is 4.24. The maximum Gasteiger partial charge on any atom is 0.308 e. The molecule has 1 saturated heterocycles. The second kappa shape index (κ2) is 6.98. The van der Waals surface area contributed by atoms with E-state index in [0.29, 0.717) is 19.5 Å². The van der Waals surface area contributed by atoms with Crippen molar-refractivity contribution < 1.29 is 14.7 Å². The van der Waals surface area contributed by atoms with Crippen LogP contribution in [0.15, 0.2) is 29.2 Å². The van der Waals surface area contributed by atoms with Gasteiger partial charge < -0.3 is 10.0 Å². The van der Waals surface area contributed by atoms with E-state index in [1.54, 1.807) is 16.7 Å². The van der Waals surface area contributed by atoms with Gasteiger partial charge in [0.25, 0.3) is 0 Å². The van der Waals surface area contributed by atoms with Gasteiger partial charge in [-0.2, -0.15) is 0 Å². The quantitative estimate of drug-likeness (QED) is 0.850. The molecule has 1 fully saturated rings. The third-order valence-electron chi connectivity index (χ3n) is 3.89. The Hall–Kier alpha value is -1.49. The van der Waals surface area contributed by atoms with E-state index in [1.165, 1.54) is 5.56 Å². The molecule has 1 heterocycles. The summed E-state index contributed by atoms with van der Waals surface area (Å²) in [6.07, 6.45) is 0.456. The summed E-state index contributed by atoms with van der Waals surface area (Å²) in [4.78, 5) is 26.0. The number of carbonyl (C=O) groups excluding carboxylic acids is 1. The molecule has 114 valence electrons. The highest BCUT2D eigenvalue weighted by atomic mass is 32.2. The van der Waals surface area contributed by atoms with Crippen LogP contribution in [-0.4, -0.2) is 40.7 Å². The van der Waals surface area contributed by atoms with Gasteiger partial charge in [0.1, 0.15) is 0 Å². The number of thioether (sulfide) groups is 1. The predicted octanol–water partition coefficient (Wildman–Crippen LogP) is 2.66. The summed E-state index contributed by atoms with van der Waals surface area (Å²) in [5.74, 6) is -0.392. The molecule has 0 bridgehead atoms. The van der Waals surface area contributed by atoms with Gasteiger partial charge in [-0.3, -0.25) is 9.59 Å². The molecular weight excluding hydrogens is 286 g/mol. The third-order valence-corrected chi connectivity index (χ3v) is 4.90. The van der Waals surface area contributed by atoms with Crippen molar-refractivity contribution in [1.29, 1.82) is 0 Å². The van der Waals surface area contributed by atoms with Gasteiger partial charge in [0.15, 0.2) is 0 Å². The van der Waals surface area contributed by atoms with Crippen LogP contribution in [0.2, 0.25) is 0 Å². The number of benzene rings is 1. The van der Waals surface area contributed by atoms with Crippen molar-refractivity contribution in [2.24, 2.45) is 11.8 Å². The number of amides is 1. The molecule has 1 N–H and O–H groups in total. The molecule has 2 rings (SSSR count). The lowest BCUT2D eigenvalue weighted by Crippen LogP contribution is -2.30. The fraction of sp³-hybridized carbons (Fsp3) is 0.500. The van der Waals surface area contributed by atoms with Crippen LogP contribution < -0.4 is 0 Å². The van der Waals surface area contributed by atoms with Crippen molar-refractivity contribution in [3.8, 4) is 0 Å². The van der Waals surface area contributed by atoms with Crippen molar-refractivity contribution >= 4 is 23.6 Å². The number of carboxylic acids is 1. The minimum absolute atomic E-state index is 0.0381. The van der Waals surface area contributed by atoms with E-state index in [-0.39, 0.29) is 11.8 Å². The van der Waals surface area contributed by atoms with Crippen LogP contribution in [0.3, 0.4) is 0 Å². The lowest BCUT2D eigenvalue weighted by Gasteiger charge is -2.15. The number of aliphatic carboxylic acids is 1. The first-order chi connectivity index (χ1) is 9.97. The average molecular weight is 307 g/mol. The zero-order chi connectivity index (χ0) is 15.4. The molecule has 2 atom stereocenters. The van der Waals surface area contributed by atoms with Crippen LogP contribution in [0.5, 0.6) is 0 Å². The van der Waals surface area contributed by atoms with E-state index in [1.807, 2.05) is 13.8 Å². The van der Waals surface area contributed by atoms with Crippen LogP contribution in [0, 0.1) is 18.8 Å². The summed E-state index contributed by atoms with van der Waals surface area (Å²) in [5.41, 5.74) is 1.22. The minimum Gasteiger partial charge on any atom is -0.481 e. The first-order valence-corrected chi connectivity index (χ1v) is 8.16. The van der Waals surface area contributed by atoms with Gasteiger partial charge in [-0.1, -0.05) is 24.6 Å². The number of aryl methyl sites for hydroxylation is 1. The molecule has 0 aromatic heterocycles. The Labute approximate surface area is 129 Å². The van der Waals surface area contributed by atoms with Crippen LogP contribution in [0.4, 0.5) is 0 Å². The molecule has 21 heavy (non-hydrogen) atoms. The average Bonchev–Trinajstić information content (AvgIpc) is 2.83. The van der Waals surface area contributed by atoms with Gasteiger partial charge in [0.05, 0.1) is 5.92 Å². The lowest BCUT2D eigenvalue weighted by molar-refractivity contribution is -0.142. The highest BCUT2D eigenvalue weighted by Gasteiger charge is 2.36. The molecule has 1 amide bonds. The number of hydrogen-bond acceptors (Lipinski definition) is 3. The van der Waals surface area contributed by atoms with Crippen LogP contribution in [0.1, 0.15) is 18.9 Å². The van der Waals surface area contributed by atoms with E-state index in [9.17, 15) is 9.59 Å². The van der Waals surface area contributed by atoms with Crippen molar-refractivity contribution in [3.05, 3.63) is 29.8 Å². The largest absolute Gasteiger partial charge is 0.481 e. The number of likely N-dealkylation sites (tertiary alicyclic amines) is 1. The Bertz CT molecular complexity index is 515. The predicted molar refractivity (Wildman–Crippen MR) is 83.4 cm³/mol. The molecular formula is C16H21NO3S. The Kier molecular flexibility index (Phi) is 5.28. The minimum atomic E-state index is -0.799. The second-order valence-electron chi connectivity index (χ2n) is 5.63. The second-order valence-corrected chi connectivity index (χ2v) is 6.80. The standard InChI is InChI=1S/C16H21NO3S/c1-11-3-5-13(6-4-11)21-8-7-15(18)17-9-12(2)14(10-17)16(19)20/h3-6,12,14H,7-10H2,1-2H3,(H,19,20)/t12-,14-/m1/s1. The van der Waals surface area contributed by atoms with Crippen LogP contribution in [0.25, 0.3) is 0 Å². The number of carbonyl (C=O) groups is 2. The Morgan fingerprint density at radius 2 is 1.95 bits per heavy atom. The Balaban J connectivity index is 1.77. The van der Waals surface area contributed by atoms with Gasteiger partial charge in [-0.15, -0.1) is 11.8 Å². The molecule has 1 aromatic rings. The molecule has 1 aliphatic heterocycles. The molecule has 0 saturated carbocycles. The summed E-state index contributed by atoms with van der Waals surface area (Å²) >= 11 is 1.66. The topological polar surface area (TPSA) is 57.6 Å². The van der Waals surface area contributed by atoms with Gasteiger partial charge in [-0.25, -0.2) is 0 Å². The molecule has 4 nitrogen and oxygen atoms in total. The number of hydrogen-bond donors (Lipinski definition) is 1. The zero-order valence-electron chi connectivity index (χ0n) is 12.4. The number of rotatable bonds is 5. The lowest BCUT2D eigenvalue weighted by atomic mass is 9.99. The fourth-order valence-corrected chi connectivity index (χ4v) is 3.38. The van der Waals surface area contributed by atoms with Crippen molar-refractivity contribution in [2.45, 2.75) is 25.2 Å². The molecule has 0 radical (unpaired) electrons. The monoisotopic (exact) mass is 307 g/mol. The molecule has 1 aromatic carbocycles. The summed E-state index contributed by atoms with van der Waals surface area (Å²) in [6.45, 7) is 4.86. The Morgan fingerprint density at radius 1 is 1.29 bits per heavy atom. The normalized spacial score (nSPS) is 21.5. The van der Waals surface area contributed by atoms with Crippen LogP contribution in [-0.2, 0) is 9.59 Å². The van der Waals surface area contributed by atoms with Crippen molar-refractivity contribution in [2.75, 3.05) is 18.8 Å². The van der Waals surface area contributed by atoms with E-state index in [0.717, 1.165) is 10.6 Å². The first-order valence-electron chi connectivity index (χ1n) is 7.17. The highest BCUT2D eigenvalue weighted by molar-refractivity contribution is 7.99. The van der Waals surface area contributed by atoms with Crippen molar-refractivity contribution in [1.82, 2.24) is 4.90 Å². The van der Waals surface area contributed by atoms with Gasteiger partial charge in [-0.05, 0) is 25.0 Å². The van der Waals surface area contributed by atoms with Crippen molar-refractivity contribution in [3.63, 3.8) is 0 Å². The zero-order valence-corrected chi connectivity index (χ0v) is 13.2. The van der Waals surface area contributed by atoms with E-state index in [2.05, 4.69) is 24.3 Å².